The van der Waals surface area contributed by atoms with Crippen molar-refractivity contribution in [2.75, 3.05) is 17.3 Å². The summed E-state index contributed by atoms with van der Waals surface area (Å²) in [4.78, 5) is 15.6. The lowest BCUT2D eigenvalue weighted by molar-refractivity contribution is -0.114. The summed E-state index contributed by atoms with van der Waals surface area (Å²) in [7, 11) is 1.64. The molecule has 0 bridgehead atoms. The maximum Gasteiger partial charge on any atom is 0.275 e. The highest BCUT2D eigenvalue weighted by Crippen LogP contribution is 2.37. The molecule has 0 fully saturated rings. The normalized spacial score (nSPS) is 14.3. The summed E-state index contributed by atoms with van der Waals surface area (Å²) in [6, 6.07) is 42.8. The molecule has 5 aromatic rings. The molecule has 0 saturated heterocycles. The van der Waals surface area contributed by atoms with E-state index in [-0.39, 0.29) is 11.9 Å². The van der Waals surface area contributed by atoms with Crippen LogP contribution in [0.2, 0.25) is 0 Å². The van der Waals surface area contributed by atoms with E-state index in [0.717, 1.165) is 45.3 Å². The van der Waals surface area contributed by atoms with Crippen molar-refractivity contribution in [3.63, 3.8) is 0 Å². The smallest absolute Gasteiger partial charge is 0.275 e. The molecule has 6 nitrogen and oxygen atoms in total. The summed E-state index contributed by atoms with van der Waals surface area (Å²) in [5.74, 6) is 2.13. The number of nitrogens with one attached hydrogen (secondary N) is 1. The van der Waals surface area contributed by atoms with Gasteiger partial charge in [-0.3, -0.25) is 9.69 Å². The Morgan fingerprint density at radius 2 is 1.14 bits per heavy atom. The minimum atomic E-state index is -0.300. The van der Waals surface area contributed by atoms with Crippen LogP contribution in [-0.2, 0) is 18.0 Å². The van der Waals surface area contributed by atoms with Crippen LogP contribution in [0, 0.1) is 0 Å². The Labute approximate surface area is 251 Å². The van der Waals surface area contributed by atoms with E-state index < -0.39 is 0 Å². The molecule has 1 atom stereocenters. The number of carbonyl (C=O) groups is 1. The van der Waals surface area contributed by atoms with Crippen LogP contribution in [0.25, 0.3) is 0 Å². The molecule has 6 heteroatoms. The lowest BCUT2D eigenvalue weighted by Gasteiger charge is -2.25. The lowest BCUT2D eigenvalue weighted by atomic mass is 10.1. The van der Waals surface area contributed by atoms with Crippen LogP contribution in [0.1, 0.15) is 22.7 Å². The molecule has 0 radical (unpaired) electrons. The van der Waals surface area contributed by atoms with Gasteiger partial charge in [-0.15, -0.1) is 0 Å². The molecule has 0 saturated carbocycles. The third-order valence-electron chi connectivity index (χ3n) is 7.25. The van der Waals surface area contributed by atoms with Crippen molar-refractivity contribution in [1.29, 1.82) is 0 Å². The highest BCUT2D eigenvalue weighted by Gasteiger charge is 2.35. The number of benzene rings is 5. The molecule has 0 aliphatic carbocycles. The predicted octanol–water partition coefficient (Wildman–Crippen LogP) is 7.94. The van der Waals surface area contributed by atoms with Crippen LogP contribution in [-0.4, -0.2) is 13.0 Å². The largest absolute Gasteiger partial charge is 0.497 e. The first-order valence-electron chi connectivity index (χ1n) is 14.2. The average Bonchev–Trinajstić information content (AvgIpc) is 3.39. The van der Waals surface area contributed by atoms with E-state index in [4.69, 9.17) is 14.2 Å². The minimum Gasteiger partial charge on any atom is -0.497 e. The van der Waals surface area contributed by atoms with E-state index in [9.17, 15) is 4.79 Å². The summed E-state index contributed by atoms with van der Waals surface area (Å²) >= 11 is 0. The highest BCUT2D eigenvalue weighted by atomic mass is 16.5. The monoisotopic (exact) mass is 568 g/mol. The van der Waals surface area contributed by atoms with Gasteiger partial charge in [-0.1, -0.05) is 72.8 Å². The number of anilines is 2. The zero-order valence-electron chi connectivity index (χ0n) is 23.9. The van der Waals surface area contributed by atoms with Gasteiger partial charge in [0.1, 0.15) is 36.2 Å². The first kappa shape index (κ1) is 27.7. The summed E-state index contributed by atoms with van der Waals surface area (Å²) < 4.78 is 17.2. The van der Waals surface area contributed by atoms with E-state index in [2.05, 4.69) is 5.32 Å². The Hall–Kier alpha value is -5.49. The van der Waals surface area contributed by atoms with E-state index in [1.807, 2.05) is 140 Å². The summed E-state index contributed by atoms with van der Waals surface area (Å²) in [6.07, 6.45) is 1.96. The Kier molecular flexibility index (Phi) is 8.36. The Bertz CT molecular complexity index is 1670. The number of amides is 1. The Morgan fingerprint density at radius 3 is 1.67 bits per heavy atom. The van der Waals surface area contributed by atoms with Crippen molar-refractivity contribution in [2.45, 2.75) is 19.3 Å². The van der Waals surface area contributed by atoms with Gasteiger partial charge in [-0.25, -0.2) is 0 Å². The third kappa shape index (κ3) is 6.71. The fraction of sp³-hybridized carbons (Fsp3) is 0.108. The molecule has 0 spiro atoms. The maximum absolute atomic E-state index is 13.9. The van der Waals surface area contributed by atoms with Gasteiger partial charge in [0, 0.05) is 11.4 Å². The number of methoxy groups -OCH3 is 1. The van der Waals surface area contributed by atoms with E-state index in [0.29, 0.717) is 18.9 Å². The van der Waals surface area contributed by atoms with Crippen molar-refractivity contribution >= 4 is 17.3 Å². The summed E-state index contributed by atoms with van der Waals surface area (Å²) in [5.41, 5.74) is 5.24. The molecule has 214 valence electrons. The molecular weight excluding hydrogens is 536 g/mol. The number of nitrogens with zero attached hydrogens (tertiary/aromatic N) is 1. The van der Waals surface area contributed by atoms with Crippen LogP contribution in [0.15, 0.2) is 145 Å². The standard InChI is InChI=1S/C37H32N2O4/c1-41-32-18-12-29(13-19-32)36-24-35(38-30-14-20-33(21-15-30)42-25-27-8-4-2-5-9-27)37(40)39(36)31-16-22-34(23-17-31)43-26-28-10-6-3-7-11-28/h2-24,36,38H,25-26H2,1H3/t36-/m0/s1. The lowest BCUT2D eigenvalue weighted by Crippen LogP contribution is -2.30. The van der Waals surface area contributed by atoms with Crippen LogP contribution in [0.4, 0.5) is 11.4 Å². The summed E-state index contributed by atoms with van der Waals surface area (Å²) in [6.45, 7) is 0.967. The second kappa shape index (κ2) is 13.0. The van der Waals surface area contributed by atoms with Crippen molar-refractivity contribution in [3.8, 4) is 17.2 Å². The van der Waals surface area contributed by atoms with Crippen molar-refractivity contribution in [1.82, 2.24) is 0 Å². The number of ether oxygens (including phenoxy) is 3. The first-order chi connectivity index (χ1) is 21.2. The van der Waals surface area contributed by atoms with Gasteiger partial charge >= 0.3 is 0 Å². The van der Waals surface area contributed by atoms with Gasteiger partial charge in [0.2, 0.25) is 0 Å². The predicted molar refractivity (Wildman–Crippen MR) is 169 cm³/mol. The zero-order valence-corrected chi connectivity index (χ0v) is 23.9. The minimum absolute atomic E-state index is 0.122. The van der Waals surface area contributed by atoms with Crippen LogP contribution in [0.3, 0.4) is 0 Å². The zero-order chi connectivity index (χ0) is 29.4. The molecule has 1 amide bonds. The molecule has 0 unspecified atom stereocenters. The SMILES string of the molecule is COc1ccc([C@@H]2C=C(Nc3ccc(OCc4ccccc4)cc3)C(=O)N2c2ccc(OCc3ccccc3)cc2)cc1. The highest BCUT2D eigenvalue weighted by molar-refractivity contribution is 6.11. The molecule has 6 rings (SSSR count). The second-order valence-electron chi connectivity index (χ2n) is 10.2. The molecule has 5 aromatic carbocycles. The fourth-order valence-electron chi connectivity index (χ4n) is 4.95. The van der Waals surface area contributed by atoms with E-state index in [1.165, 1.54) is 0 Å². The van der Waals surface area contributed by atoms with Gasteiger partial charge in [-0.05, 0) is 83.4 Å². The van der Waals surface area contributed by atoms with Gasteiger partial charge in [0.25, 0.3) is 5.91 Å². The first-order valence-corrected chi connectivity index (χ1v) is 14.2. The molecule has 1 N–H and O–H groups in total. The Morgan fingerprint density at radius 1 is 0.628 bits per heavy atom. The number of carbonyl (C=O) groups excluding carboxylic acids is 1. The van der Waals surface area contributed by atoms with Crippen LogP contribution in [0.5, 0.6) is 17.2 Å². The van der Waals surface area contributed by atoms with Gasteiger partial charge in [0.15, 0.2) is 0 Å². The van der Waals surface area contributed by atoms with E-state index in [1.54, 1.807) is 12.0 Å². The van der Waals surface area contributed by atoms with Crippen molar-refractivity contribution in [2.24, 2.45) is 0 Å². The van der Waals surface area contributed by atoms with Crippen molar-refractivity contribution in [3.05, 3.63) is 162 Å². The van der Waals surface area contributed by atoms with Crippen molar-refractivity contribution < 1.29 is 19.0 Å². The molecule has 1 heterocycles. The molecule has 43 heavy (non-hydrogen) atoms. The van der Waals surface area contributed by atoms with Gasteiger partial charge in [-0.2, -0.15) is 0 Å². The number of rotatable bonds is 11. The average molecular weight is 569 g/mol. The maximum atomic E-state index is 13.9. The molecular formula is C37H32N2O4. The quantitative estimate of drug-likeness (QED) is 0.175. The van der Waals surface area contributed by atoms with E-state index >= 15 is 0 Å². The fourth-order valence-corrected chi connectivity index (χ4v) is 4.95. The second-order valence-corrected chi connectivity index (χ2v) is 10.2. The topological polar surface area (TPSA) is 60.0 Å². The third-order valence-corrected chi connectivity index (χ3v) is 7.25. The van der Waals surface area contributed by atoms with Crippen LogP contribution < -0.4 is 24.4 Å². The van der Waals surface area contributed by atoms with Gasteiger partial charge < -0.3 is 19.5 Å². The molecule has 0 aromatic heterocycles. The number of hydrogen-bond donors (Lipinski definition) is 1. The number of hydrogen-bond acceptors (Lipinski definition) is 5. The van der Waals surface area contributed by atoms with Crippen LogP contribution >= 0.6 is 0 Å². The Balaban J connectivity index is 1.19. The van der Waals surface area contributed by atoms with Gasteiger partial charge in [0.05, 0.1) is 13.2 Å². The molecule has 1 aliphatic heterocycles. The summed E-state index contributed by atoms with van der Waals surface area (Å²) in [5, 5.41) is 3.33. The molecule has 1 aliphatic rings.